The van der Waals surface area contributed by atoms with Crippen molar-refractivity contribution in [2.75, 3.05) is 17.7 Å². The van der Waals surface area contributed by atoms with E-state index < -0.39 is 5.60 Å². The van der Waals surface area contributed by atoms with Crippen molar-refractivity contribution >= 4 is 22.9 Å². The number of methoxy groups -OCH3 is 1. The average molecular weight is 415 g/mol. The van der Waals surface area contributed by atoms with Crippen LogP contribution in [0.15, 0.2) is 24.5 Å². The minimum atomic E-state index is -0.799. The molecule has 0 aliphatic heterocycles. The van der Waals surface area contributed by atoms with Crippen LogP contribution in [-0.4, -0.2) is 48.5 Å². The molecule has 0 saturated heterocycles. The van der Waals surface area contributed by atoms with Crippen LogP contribution in [0, 0.1) is 0 Å². The first kappa shape index (κ1) is 21.6. The molecule has 0 aliphatic carbocycles. The maximum atomic E-state index is 10.2. The number of aliphatic hydroxyl groups is 1. The molecule has 0 spiro atoms. The van der Waals surface area contributed by atoms with Gasteiger partial charge < -0.3 is 30.2 Å². The van der Waals surface area contributed by atoms with Crippen LogP contribution in [0.1, 0.15) is 39.7 Å². The highest BCUT2D eigenvalue weighted by Gasteiger charge is 2.19. The Balaban J connectivity index is 1.90. The van der Waals surface area contributed by atoms with Gasteiger partial charge in [-0.15, -0.1) is 0 Å². The van der Waals surface area contributed by atoms with Gasteiger partial charge in [-0.1, -0.05) is 0 Å². The van der Waals surface area contributed by atoms with E-state index in [1.54, 1.807) is 45.5 Å². The maximum absolute atomic E-state index is 10.2. The van der Waals surface area contributed by atoms with Gasteiger partial charge in [0.25, 0.3) is 0 Å². The van der Waals surface area contributed by atoms with Crippen LogP contribution in [0.2, 0.25) is 0 Å². The number of ether oxygens (including phenoxy) is 1. The molecule has 162 valence electrons. The summed E-state index contributed by atoms with van der Waals surface area (Å²) in [6.07, 6.45) is 2.28. The number of aromatic hydroxyl groups is 1. The summed E-state index contributed by atoms with van der Waals surface area (Å²) >= 11 is 0. The number of anilines is 2. The summed E-state index contributed by atoms with van der Waals surface area (Å²) < 4.78 is 7.18. The molecule has 9 heteroatoms. The lowest BCUT2D eigenvalue weighted by Crippen LogP contribution is -2.29. The SMILES string of the molecule is CCn1cnc2c(NCc3cc(OC)ccc3O)nc(NC(C)CC(C)(C)O)nc21. The van der Waals surface area contributed by atoms with E-state index in [9.17, 15) is 10.2 Å². The molecular weight excluding hydrogens is 384 g/mol. The van der Waals surface area contributed by atoms with E-state index >= 15 is 0 Å². The highest BCUT2D eigenvalue weighted by Crippen LogP contribution is 2.26. The zero-order valence-corrected chi connectivity index (χ0v) is 18.1. The quantitative estimate of drug-likeness (QED) is 0.422. The Kier molecular flexibility index (Phi) is 6.31. The highest BCUT2D eigenvalue weighted by molar-refractivity contribution is 5.84. The Morgan fingerprint density at radius 1 is 1.27 bits per heavy atom. The topological polar surface area (TPSA) is 117 Å². The van der Waals surface area contributed by atoms with Crippen molar-refractivity contribution in [1.82, 2.24) is 19.5 Å². The van der Waals surface area contributed by atoms with Crippen LogP contribution in [-0.2, 0) is 13.1 Å². The minimum absolute atomic E-state index is 0.0317. The third kappa shape index (κ3) is 5.10. The number of fused-ring (bicyclic) bond motifs is 1. The molecule has 3 aromatic rings. The number of nitrogens with one attached hydrogen (secondary N) is 2. The second-order valence-electron chi connectivity index (χ2n) is 8.01. The van der Waals surface area contributed by atoms with Gasteiger partial charge in [0.15, 0.2) is 17.0 Å². The van der Waals surface area contributed by atoms with E-state index in [0.717, 1.165) is 6.54 Å². The van der Waals surface area contributed by atoms with Gasteiger partial charge in [0.05, 0.1) is 19.0 Å². The summed E-state index contributed by atoms with van der Waals surface area (Å²) in [5.41, 5.74) is 1.25. The Hall–Kier alpha value is -3.07. The van der Waals surface area contributed by atoms with Crippen molar-refractivity contribution in [3.05, 3.63) is 30.1 Å². The van der Waals surface area contributed by atoms with Crippen molar-refractivity contribution in [1.29, 1.82) is 0 Å². The highest BCUT2D eigenvalue weighted by atomic mass is 16.5. The summed E-state index contributed by atoms with van der Waals surface area (Å²) in [5, 5.41) is 26.8. The largest absolute Gasteiger partial charge is 0.508 e. The molecule has 0 radical (unpaired) electrons. The zero-order chi connectivity index (χ0) is 21.9. The normalized spacial score (nSPS) is 12.7. The number of hydrogen-bond donors (Lipinski definition) is 4. The number of aryl methyl sites for hydroxylation is 1. The molecule has 2 aromatic heterocycles. The monoisotopic (exact) mass is 414 g/mol. The second-order valence-corrected chi connectivity index (χ2v) is 8.01. The van der Waals surface area contributed by atoms with Crippen molar-refractivity contribution in [2.24, 2.45) is 0 Å². The fourth-order valence-corrected chi connectivity index (χ4v) is 3.39. The molecule has 9 nitrogen and oxygen atoms in total. The third-order valence-corrected chi connectivity index (χ3v) is 4.72. The summed E-state index contributed by atoms with van der Waals surface area (Å²) in [4.78, 5) is 13.7. The maximum Gasteiger partial charge on any atom is 0.226 e. The van der Waals surface area contributed by atoms with E-state index in [0.29, 0.717) is 47.2 Å². The molecule has 0 amide bonds. The summed E-state index contributed by atoms with van der Waals surface area (Å²) in [6, 6.07) is 5.05. The number of phenols is 1. The molecule has 0 aliphatic rings. The van der Waals surface area contributed by atoms with Crippen LogP contribution >= 0.6 is 0 Å². The van der Waals surface area contributed by atoms with Crippen molar-refractivity contribution in [2.45, 2.75) is 58.8 Å². The molecule has 3 rings (SSSR count). The molecule has 0 fully saturated rings. The zero-order valence-electron chi connectivity index (χ0n) is 18.1. The molecule has 30 heavy (non-hydrogen) atoms. The molecule has 0 saturated carbocycles. The van der Waals surface area contributed by atoms with Crippen LogP contribution in [0.25, 0.3) is 11.2 Å². The predicted molar refractivity (Wildman–Crippen MR) is 117 cm³/mol. The van der Waals surface area contributed by atoms with Gasteiger partial charge >= 0.3 is 0 Å². The number of benzene rings is 1. The number of phenolic OH excluding ortho intramolecular Hbond substituents is 1. The number of aromatic nitrogens is 4. The first-order chi connectivity index (χ1) is 14.2. The summed E-state index contributed by atoms with van der Waals surface area (Å²) in [6.45, 7) is 8.61. The summed E-state index contributed by atoms with van der Waals surface area (Å²) in [5.74, 6) is 1.85. The minimum Gasteiger partial charge on any atom is -0.508 e. The van der Waals surface area contributed by atoms with Gasteiger partial charge in [-0.05, 0) is 52.3 Å². The molecular formula is C21H30N6O3. The lowest BCUT2D eigenvalue weighted by atomic mass is 10.0. The van der Waals surface area contributed by atoms with E-state index in [4.69, 9.17) is 4.74 Å². The van der Waals surface area contributed by atoms with Crippen LogP contribution in [0.3, 0.4) is 0 Å². The fourth-order valence-electron chi connectivity index (χ4n) is 3.39. The fraction of sp³-hybridized carbons (Fsp3) is 0.476. The lowest BCUT2D eigenvalue weighted by Gasteiger charge is -2.23. The Morgan fingerprint density at radius 2 is 2.03 bits per heavy atom. The number of rotatable bonds is 9. The Morgan fingerprint density at radius 3 is 2.70 bits per heavy atom. The first-order valence-electron chi connectivity index (χ1n) is 10.0. The van der Waals surface area contributed by atoms with Crippen molar-refractivity contribution < 1.29 is 14.9 Å². The molecule has 1 atom stereocenters. The van der Waals surface area contributed by atoms with E-state index in [1.165, 1.54) is 0 Å². The van der Waals surface area contributed by atoms with Gasteiger partial charge in [0, 0.05) is 24.7 Å². The molecule has 4 N–H and O–H groups in total. The molecule has 1 aromatic carbocycles. The van der Waals surface area contributed by atoms with Crippen LogP contribution in [0.4, 0.5) is 11.8 Å². The number of hydrogen-bond acceptors (Lipinski definition) is 8. The van der Waals surface area contributed by atoms with Crippen molar-refractivity contribution in [3.8, 4) is 11.5 Å². The van der Waals surface area contributed by atoms with Gasteiger partial charge in [-0.2, -0.15) is 9.97 Å². The smallest absolute Gasteiger partial charge is 0.226 e. The van der Waals surface area contributed by atoms with E-state index in [2.05, 4.69) is 25.6 Å². The van der Waals surface area contributed by atoms with Crippen LogP contribution < -0.4 is 15.4 Å². The Bertz CT molecular complexity index is 1010. The molecule has 1 unspecified atom stereocenters. The predicted octanol–water partition coefficient (Wildman–Crippen LogP) is 3.13. The third-order valence-electron chi connectivity index (χ3n) is 4.72. The molecule has 0 bridgehead atoms. The van der Waals surface area contributed by atoms with Crippen LogP contribution in [0.5, 0.6) is 11.5 Å². The first-order valence-corrected chi connectivity index (χ1v) is 10.0. The molecule has 2 heterocycles. The lowest BCUT2D eigenvalue weighted by molar-refractivity contribution is 0.0672. The standard InChI is InChI=1S/C21H30N6O3/c1-6-27-12-23-17-18(22-11-14-9-15(30-5)7-8-16(14)28)25-20(26-19(17)27)24-13(2)10-21(3,4)29/h7-9,12-13,28-29H,6,10-11H2,1-5H3,(H2,22,24,25,26). The average Bonchev–Trinajstić information content (AvgIpc) is 3.08. The van der Waals surface area contributed by atoms with E-state index in [1.807, 2.05) is 18.4 Å². The van der Waals surface area contributed by atoms with Gasteiger partial charge in [0.1, 0.15) is 11.5 Å². The van der Waals surface area contributed by atoms with Gasteiger partial charge in [0.2, 0.25) is 5.95 Å². The van der Waals surface area contributed by atoms with Gasteiger partial charge in [-0.3, -0.25) is 0 Å². The number of imidazole rings is 1. The Labute approximate surface area is 176 Å². The second kappa shape index (κ2) is 8.74. The summed E-state index contributed by atoms with van der Waals surface area (Å²) in [7, 11) is 1.59. The van der Waals surface area contributed by atoms with Gasteiger partial charge in [-0.25, -0.2) is 4.98 Å². The van der Waals surface area contributed by atoms with E-state index in [-0.39, 0.29) is 11.8 Å². The number of nitrogens with zero attached hydrogens (tertiary/aromatic N) is 4. The van der Waals surface area contributed by atoms with Crippen molar-refractivity contribution in [3.63, 3.8) is 0 Å².